The first-order valence-electron chi connectivity index (χ1n) is 8.40. The lowest BCUT2D eigenvalue weighted by atomic mass is 9.98. The number of hydrogen-bond donors (Lipinski definition) is 3. The molecule has 124 valence electrons. The number of unbranched alkanes of at least 4 members (excludes halogenated alkanes) is 6. The SMILES string of the molecule is CCCCCCCCCN1C[C@@H](O)C(NC(C)=O)[C@H](O)C1. The third-order valence-electron chi connectivity index (χ3n) is 4.17. The van der Waals surface area contributed by atoms with Crippen LogP contribution in [0, 0.1) is 0 Å². The summed E-state index contributed by atoms with van der Waals surface area (Å²) < 4.78 is 0. The molecule has 21 heavy (non-hydrogen) atoms. The van der Waals surface area contributed by atoms with E-state index in [1.807, 2.05) is 0 Å². The van der Waals surface area contributed by atoms with Gasteiger partial charge in [0.1, 0.15) is 0 Å². The molecular formula is C16H32N2O3. The summed E-state index contributed by atoms with van der Waals surface area (Å²) in [4.78, 5) is 13.2. The number of β-amino-alcohol motifs (C(OH)–C–C–N with tert-alkyl or cyclic N) is 2. The Hall–Kier alpha value is -0.650. The normalized spacial score (nSPS) is 24.2. The molecule has 0 aromatic heterocycles. The zero-order chi connectivity index (χ0) is 15.7. The maximum atomic E-state index is 11.1. The molecule has 0 aromatic carbocycles. The minimum atomic E-state index is -0.692. The Morgan fingerprint density at radius 3 is 2.10 bits per heavy atom. The molecule has 5 heteroatoms. The van der Waals surface area contributed by atoms with Crippen molar-refractivity contribution in [3.05, 3.63) is 0 Å². The van der Waals surface area contributed by atoms with Crippen LogP contribution in [0.5, 0.6) is 0 Å². The van der Waals surface area contributed by atoms with E-state index in [0.717, 1.165) is 13.0 Å². The van der Waals surface area contributed by atoms with E-state index in [4.69, 9.17) is 0 Å². The van der Waals surface area contributed by atoms with Gasteiger partial charge in [-0.2, -0.15) is 0 Å². The topological polar surface area (TPSA) is 72.8 Å². The molecule has 2 atom stereocenters. The van der Waals surface area contributed by atoms with Crippen LogP contribution < -0.4 is 5.32 Å². The van der Waals surface area contributed by atoms with E-state index in [0.29, 0.717) is 13.1 Å². The smallest absolute Gasteiger partial charge is 0.217 e. The van der Waals surface area contributed by atoms with E-state index in [2.05, 4.69) is 17.1 Å². The molecule has 0 spiro atoms. The quantitative estimate of drug-likeness (QED) is 0.561. The molecule has 0 aliphatic carbocycles. The van der Waals surface area contributed by atoms with Gasteiger partial charge < -0.3 is 15.5 Å². The molecule has 1 fully saturated rings. The van der Waals surface area contributed by atoms with Gasteiger partial charge in [0.15, 0.2) is 0 Å². The van der Waals surface area contributed by atoms with Gasteiger partial charge in [0.05, 0.1) is 18.2 Å². The van der Waals surface area contributed by atoms with Gasteiger partial charge >= 0.3 is 0 Å². The van der Waals surface area contributed by atoms with Crippen molar-refractivity contribution in [3.63, 3.8) is 0 Å². The van der Waals surface area contributed by atoms with E-state index in [1.165, 1.54) is 45.4 Å². The predicted octanol–water partition coefficient (Wildman–Crippen LogP) is 1.28. The largest absolute Gasteiger partial charge is 0.390 e. The molecule has 0 radical (unpaired) electrons. The molecule has 1 saturated heterocycles. The zero-order valence-electron chi connectivity index (χ0n) is 13.6. The number of nitrogens with one attached hydrogen (secondary N) is 1. The van der Waals surface area contributed by atoms with E-state index >= 15 is 0 Å². The molecule has 0 aromatic rings. The van der Waals surface area contributed by atoms with Crippen molar-refractivity contribution < 1.29 is 15.0 Å². The van der Waals surface area contributed by atoms with Crippen molar-refractivity contribution in [2.75, 3.05) is 19.6 Å². The van der Waals surface area contributed by atoms with Crippen LogP contribution in [0.1, 0.15) is 58.8 Å². The second-order valence-corrected chi connectivity index (χ2v) is 6.24. The number of carbonyl (C=O) groups excluding carboxylic acids is 1. The van der Waals surface area contributed by atoms with Gasteiger partial charge in [-0.05, 0) is 13.0 Å². The third kappa shape index (κ3) is 7.25. The van der Waals surface area contributed by atoms with Crippen molar-refractivity contribution in [3.8, 4) is 0 Å². The number of hydrogen-bond acceptors (Lipinski definition) is 4. The van der Waals surface area contributed by atoms with Crippen molar-refractivity contribution in [1.29, 1.82) is 0 Å². The lowest BCUT2D eigenvalue weighted by Gasteiger charge is -2.39. The number of amides is 1. The van der Waals surface area contributed by atoms with Crippen LogP contribution in [0.4, 0.5) is 0 Å². The zero-order valence-corrected chi connectivity index (χ0v) is 13.6. The van der Waals surface area contributed by atoms with Crippen LogP contribution in [-0.2, 0) is 4.79 Å². The van der Waals surface area contributed by atoms with Crippen LogP contribution >= 0.6 is 0 Å². The number of likely N-dealkylation sites (tertiary alicyclic amines) is 1. The average Bonchev–Trinajstić information content (AvgIpc) is 2.42. The Kier molecular flexibility index (Phi) is 8.88. The molecule has 1 rings (SSSR count). The van der Waals surface area contributed by atoms with Gasteiger partial charge in [0, 0.05) is 20.0 Å². The molecule has 1 aliphatic heterocycles. The molecule has 0 saturated carbocycles. The van der Waals surface area contributed by atoms with Gasteiger partial charge in [-0.25, -0.2) is 0 Å². The van der Waals surface area contributed by atoms with E-state index in [1.54, 1.807) is 0 Å². The first-order valence-corrected chi connectivity index (χ1v) is 8.40. The van der Waals surface area contributed by atoms with Crippen LogP contribution in [0.3, 0.4) is 0 Å². The molecule has 1 aliphatic rings. The van der Waals surface area contributed by atoms with E-state index in [9.17, 15) is 15.0 Å². The maximum Gasteiger partial charge on any atom is 0.217 e. The first-order chi connectivity index (χ1) is 10.0. The number of carbonyl (C=O) groups is 1. The first kappa shape index (κ1) is 18.4. The average molecular weight is 300 g/mol. The predicted molar refractivity (Wildman–Crippen MR) is 84.1 cm³/mol. The Balaban J connectivity index is 2.16. The molecule has 1 heterocycles. The summed E-state index contributed by atoms with van der Waals surface area (Å²) in [5, 5.41) is 22.7. The molecule has 3 N–H and O–H groups in total. The monoisotopic (exact) mass is 300 g/mol. The summed E-state index contributed by atoms with van der Waals surface area (Å²) in [5.74, 6) is -0.210. The summed E-state index contributed by atoms with van der Waals surface area (Å²) in [7, 11) is 0. The fourth-order valence-corrected chi connectivity index (χ4v) is 2.99. The van der Waals surface area contributed by atoms with Crippen molar-refractivity contribution in [1.82, 2.24) is 10.2 Å². The maximum absolute atomic E-state index is 11.1. The highest BCUT2D eigenvalue weighted by molar-refractivity contribution is 5.73. The van der Waals surface area contributed by atoms with E-state index in [-0.39, 0.29) is 5.91 Å². The summed E-state index contributed by atoms with van der Waals surface area (Å²) in [6, 6.07) is -0.534. The molecule has 0 unspecified atom stereocenters. The fourth-order valence-electron chi connectivity index (χ4n) is 2.99. The lowest BCUT2D eigenvalue weighted by molar-refractivity contribution is -0.123. The third-order valence-corrected chi connectivity index (χ3v) is 4.17. The van der Waals surface area contributed by atoms with Gasteiger partial charge in [0.2, 0.25) is 5.91 Å². The Bertz CT molecular complexity index is 287. The van der Waals surface area contributed by atoms with Crippen LogP contribution in [0.15, 0.2) is 0 Å². The Labute approximate surface area is 128 Å². The molecule has 0 bridgehead atoms. The van der Waals surface area contributed by atoms with Crippen molar-refractivity contribution in [2.45, 2.75) is 77.0 Å². The molecule has 1 amide bonds. The summed E-state index contributed by atoms with van der Waals surface area (Å²) in [6.07, 6.45) is 7.45. The fraction of sp³-hybridized carbons (Fsp3) is 0.938. The van der Waals surface area contributed by atoms with Crippen molar-refractivity contribution in [2.24, 2.45) is 0 Å². The lowest BCUT2D eigenvalue weighted by Crippen LogP contribution is -2.61. The number of aliphatic hydroxyl groups is 2. The second kappa shape index (κ2) is 10.1. The highest BCUT2D eigenvalue weighted by Gasteiger charge is 2.34. The summed E-state index contributed by atoms with van der Waals surface area (Å²) in [5.41, 5.74) is 0. The minimum Gasteiger partial charge on any atom is -0.390 e. The Morgan fingerprint density at radius 1 is 1.05 bits per heavy atom. The Morgan fingerprint density at radius 2 is 1.57 bits per heavy atom. The van der Waals surface area contributed by atoms with Gasteiger partial charge in [-0.3, -0.25) is 9.69 Å². The highest BCUT2D eigenvalue weighted by Crippen LogP contribution is 2.14. The molecular weight excluding hydrogens is 268 g/mol. The number of piperidine rings is 1. The van der Waals surface area contributed by atoms with Gasteiger partial charge in [-0.15, -0.1) is 0 Å². The van der Waals surface area contributed by atoms with Crippen LogP contribution in [0.25, 0.3) is 0 Å². The van der Waals surface area contributed by atoms with Gasteiger partial charge in [0.25, 0.3) is 0 Å². The summed E-state index contributed by atoms with van der Waals surface area (Å²) in [6.45, 7) is 5.59. The van der Waals surface area contributed by atoms with Crippen LogP contribution in [0.2, 0.25) is 0 Å². The summed E-state index contributed by atoms with van der Waals surface area (Å²) >= 11 is 0. The van der Waals surface area contributed by atoms with Crippen molar-refractivity contribution >= 4 is 5.91 Å². The highest BCUT2D eigenvalue weighted by atomic mass is 16.3. The standard InChI is InChI=1S/C16H32N2O3/c1-3-4-5-6-7-8-9-10-18-11-14(20)16(15(21)12-18)17-13(2)19/h14-16,20-21H,3-12H2,1-2H3,(H,17,19)/t14-,15-/m1/s1. The number of aliphatic hydroxyl groups excluding tert-OH is 2. The van der Waals surface area contributed by atoms with Gasteiger partial charge in [-0.1, -0.05) is 45.4 Å². The number of rotatable bonds is 9. The second-order valence-electron chi connectivity index (χ2n) is 6.24. The van der Waals surface area contributed by atoms with E-state index < -0.39 is 18.2 Å². The minimum absolute atomic E-state index is 0.210. The number of nitrogens with zero attached hydrogens (tertiary/aromatic N) is 1. The molecule has 5 nitrogen and oxygen atoms in total. The van der Waals surface area contributed by atoms with Crippen LogP contribution in [-0.4, -0.2) is 58.9 Å².